The Morgan fingerprint density at radius 3 is 2.56 bits per heavy atom. The lowest BCUT2D eigenvalue weighted by atomic mass is 10.2. The maximum absolute atomic E-state index is 11.5. The molecule has 0 fully saturated rings. The third-order valence-corrected chi connectivity index (χ3v) is 2.48. The zero-order chi connectivity index (χ0) is 11.7. The fourth-order valence-corrected chi connectivity index (χ4v) is 1.60. The van der Waals surface area contributed by atoms with E-state index in [1.54, 1.807) is 4.68 Å². The maximum Gasteiger partial charge on any atom is 0.275 e. The largest absolute Gasteiger partial charge is 0.294 e. The number of aromatic nitrogens is 2. The number of benzene rings is 1. The molecule has 0 aliphatic rings. The van der Waals surface area contributed by atoms with Gasteiger partial charge in [-0.1, -0.05) is 18.2 Å². The Morgan fingerprint density at radius 1 is 1.31 bits per heavy atom. The molecule has 4 nitrogen and oxygen atoms in total. The van der Waals surface area contributed by atoms with Crippen molar-refractivity contribution < 1.29 is 4.79 Å². The molecule has 0 amide bonds. The van der Waals surface area contributed by atoms with E-state index >= 15 is 0 Å². The molecule has 0 radical (unpaired) electrons. The molecule has 2 aromatic rings. The van der Waals surface area contributed by atoms with Crippen LogP contribution in [0.3, 0.4) is 0 Å². The number of H-pyrrole nitrogens is 1. The summed E-state index contributed by atoms with van der Waals surface area (Å²) in [5, 5.41) is 2.62. The number of nitrogens with zero attached hydrogens (tertiary/aromatic N) is 1. The van der Waals surface area contributed by atoms with E-state index in [0.717, 1.165) is 11.3 Å². The van der Waals surface area contributed by atoms with Gasteiger partial charge in [0.05, 0.1) is 5.69 Å². The molecule has 1 aromatic heterocycles. The van der Waals surface area contributed by atoms with Gasteiger partial charge in [-0.2, -0.15) is 0 Å². The highest BCUT2D eigenvalue weighted by Gasteiger charge is 2.10. The van der Waals surface area contributed by atoms with E-state index in [1.807, 2.05) is 31.2 Å². The minimum Gasteiger partial charge on any atom is -0.294 e. The zero-order valence-electron chi connectivity index (χ0n) is 9.15. The molecule has 1 N–H and O–H groups in total. The first-order valence-electron chi connectivity index (χ1n) is 4.98. The summed E-state index contributed by atoms with van der Waals surface area (Å²) in [6.07, 6.45) is 1.53. The summed E-state index contributed by atoms with van der Waals surface area (Å²) in [5.41, 5.74) is 1.73. The molecule has 0 saturated carbocycles. The number of aryl methyl sites for hydroxylation is 1. The molecule has 4 heteroatoms. The maximum atomic E-state index is 11.5. The Hall–Kier alpha value is -2.10. The van der Waals surface area contributed by atoms with Crippen LogP contribution in [0.2, 0.25) is 0 Å². The van der Waals surface area contributed by atoms with Crippen molar-refractivity contribution in [3.05, 3.63) is 51.9 Å². The second kappa shape index (κ2) is 3.81. The van der Waals surface area contributed by atoms with Crippen LogP contribution in [-0.2, 0) is 0 Å². The van der Waals surface area contributed by atoms with Crippen molar-refractivity contribution >= 4 is 5.78 Å². The van der Waals surface area contributed by atoms with Gasteiger partial charge in [-0.15, -0.1) is 0 Å². The van der Waals surface area contributed by atoms with Crippen molar-refractivity contribution in [3.8, 4) is 5.69 Å². The Balaban J connectivity index is 2.59. The monoisotopic (exact) mass is 216 g/mol. The fourth-order valence-electron chi connectivity index (χ4n) is 1.60. The number of Topliss-reactive ketones (excluding diaryl/α,β-unsaturated/α-hetero) is 1. The van der Waals surface area contributed by atoms with Crippen LogP contribution < -0.4 is 5.56 Å². The van der Waals surface area contributed by atoms with Crippen LogP contribution in [0.5, 0.6) is 0 Å². The van der Waals surface area contributed by atoms with Crippen LogP contribution in [0.15, 0.2) is 35.3 Å². The topological polar surface area (TPSA) is 54.9 Å². The summed E-state index contributed by atoms with van der Waals surface area (Å²) < 4.78 is 1.58. The number of rotatable bonds is 2. The molecule has 0 bridgehead atoms. The van der Waals surface area contributed by atoms with Gasteiger partial charge in [-0.05, 0) is 25.5 Å². The highest BCUT2D eigenvalue weighted by molar-refractivity contribution is 5.93. The van der Waals surface area contributed by atoms with E-state index in [2.05, 4.69) is 5.10 Å². The second-order valence-corrected chi connectivity index (χ2v) is 3.70. The number of aromatic amines is 1. The molecule has 1 aromatic carbocycles. The Labute approximate surface area is 92.5 Å². The van der Waals surface area contributed by atoms with Gasteiger partial charge in [-0.25, -0.2) is 0 Å². The molecule has 1 heterocycles. The third-order valence-electron chi connectivity index (χ3n) is 2.48. The van der Waals surface area contributed by atoms with Crippen molar-refractivity contribution in [1.82, 2.24) is 9.78 Å². The van der Waals surface area contributed by atoms with Crippen LogP contribution in [0.25, 0.3) is 5.69 Å². The lowest BCUT2D eigenvalue weighted by Crippen LogP contribution is -2.10. The van der Waals surface area contributed by atoms with Crippen molar-refractivity contribution in [3.63, 3.8) is 0 Å². The molecule has 0 atom stereocenters. The first-order valence-corrected chi connectivity index (χ1v) is 4.98. The van der Waals surface area contributed by atoms with Gasteiger partial charge in [0.1, 0.15) is 5.56 Å². The minimum absolute atomic E-state index is 0.184. The average molecular weight is 216 g/mol. The molecule has 0 aliphatic heterocycles. The van der Waals surface area contributed by atoms with E-state index in [9.17, 15) is 9.59 Å². The van der Waals surface area contributed by atoms with E-state index in [1.165, 1.54) is 13.1 Å². The Morgan fingerprint density at radius 2 is 2.00 bits per heavy atom. The molecule has 0 aliphatic carbocycles. The first kappa shape index (κ1) is 10.4. The number of para-hydroxylation sites is 1. The summed E-state index contributed by atoms with van der Waals surface area (Å²) in [6.45, 7) is 3.33. The predicted octanol–water partition coefficient (Wildman–Crippen LogP) is 1.68. The number of hydrogen-bond donors (Lipinski definition) is 1. The van der Waals surface area contributed by atoms with E-state index in [-0.39, 0.29) is 16.9 Å². The van der Waals surface area contributed by atoms with Gasteiger partial charge in [0.15, 0.2) is 5.78 Å². The van der Waals surface area contributed by atoms with Crippen LogP contribution in [0.4, 0.5) is 0 Å². The Bertz CT molecular complexity index is 593. The van der Waals surface area contributed by atoms with Gasteiger partial charge in [0.25, 0.3) is 5.56 Å². The standard InChI is InChI=1S/C12H12N2O2/c1-8-5-3-4-6-11(8)14-7-10(9(2)15)12(16)13-14/h3-7H,1-2H3,(H,13,16). The molecular formula is C12H12N2O2. The van der Waals surface area contributed by atoms with Gasteiger partial charge in [-0.3, -0.25) is 19.4 Å². The van der Waals surface area contributed by atoms with Gasteiger partial charge in [0, 0.05) is 6.20 Å². The molecule has 0 saturated heterocycles. The quantitative estimate of drug-likeness (QED) is 0.776. The van der Waals surface area contributed by atoms with Crippen LogP contribution in [0, 0.1) is 6.92 Å². The fraction of sp³-hybridized carbons (Fsp3) is 0.167. The lowest BCUT2D eigenvalue weighted by molar-refractivity contribution is 0.101. The normalized spacial score (nSPS) is 10.4. The van der Waals surface area contributed by atoms with Crippen LogP contribution in [0.1, 0.15) is 22.8 Å². The van der Waals surface area contributed by atoms with Gasteiger partial charge < -0.3 is 0 Å². The van der Waals surface area contributed by atoms with Crippen LogP contribution in [-0.4, -0.2) is 15.6 Å². The summed E-state index contributed by atoms with van der Waals surface area (Å²) in [6, 6.07) is 7.64. The summed E-state index contributed by atoms with van der Waals surface area (Å²) in [5.74, 6) is -0.228. The third kappa shape index (κ3) is 1.69. The van der Waals surface area contributed by atoms with E-state index < -0.39 is 0 Å². The van der Waals surface area contributed by atoms with Crippen molar-refractivity contribution in [2.75, 3.05) is 0 Å². The van der Waals surface area contributed by atoms with Crippen molar-refractivity contribution in [2.24, 2.45) is 0 Å². The number of ketones is 1. The number of nitrogens with one attached hydrogen (secondary N) is 1. The van der Waals surface area contributed by atoms with Crippen molar-refractivity contribution in [1.29, 1.82) is 0 Å². The number of carbonyl (C=O) groups is 1. The molecule has 16 heavy (non-hydrogen) atoms. The molecule has 0 spiro atoms. The van der Waals surface area contributed by atoms with Gasteiger partial charge >= 0.3 is 0 Å². The second-order valence-electron chi connectivity index (χ2n) is 3.70. The summed E-state index contributed by atoms with van der Waals surface area (Å²) in [7, 11) is 0. The van der Waals surface area contributed by atoms with E-state index in [4.69, 9.17) is 0 Å². The number of hydrogen-bond acceptors (Lipinski definition) is 2. The smallest absolute Gasteiger partial charge is 0.275 e. The highest BCUT2D eigenvalue weighted by atomic mass is 16.1. The average Bonchev–Trinajstić information content (AvgIpc) is 2.61. The highest BCUT2D eigenvalue weighted by Crippen LogP contribution is 2.11. The lowest BCUT2D eigenvalue weighted by Gasteiger charge is -2.04. The summed E-state index contributed by atoms with van der Waals surface area (Å²) >= 11 is 0. The van der Waals surface area contributed by atoms with Crippen LogP contribution >= 0.6 is 0 Å². The predicted molar refractivity (Wildman–Crippen MR) is 61.1 cm³/mol. The van der Waals surface area contributed by atoms with Crippen molar-refractivity contribution in [2.45, 2.75) is 13.8 Å². The first-order chi connectivity index (χ1) is 7.59. The van der Waals surface area contributed by atoms with Gasteiger partial charge in [0.2, 0.25) is 0 Å². The molecule has 82 valence electrons. The minimum atomic E-state index is -0.351. The SMILES string of the molecule is CC(=O)c1cn(-c2ccccc2C)[nH]c1=O. The zero-order valence-corrected chi connectivity index (χ0v) is 9.15. The molecular weight excluding hydrogens is 204 g/mol. The Kier molecular flexibility index (Phi) is 2.48. The number of carbonyl (C=O) groups excluding carboxylic acids is 1. The summed E-state index contributed by atoms with van der Waals surface area (Å²) in [4.78, 5) is 22.6. The molecule has 0 unspecified atom stereocenters. The molecule has 2 rings (SSSR count). The van der Waals surface area contributed by atoms with E-state index in [0.29, 0.717) is 0 Å².